The van der Waals surface area contributed by atoms with Gasteiger partial charge in [0.2, 0.25) is 11.8 Å². The molecule has 2 aliphatic heterocycles. The van der Waals surface area contributed by atoms with Crippen molar-refractivity contribution in [3.8, 4) is 0 Å². The first kappa shape index (κ1) is 15.8. The van der Waals surface area contributed by atoms with Crippen molar-refractivity contribution in [1.29, 1.82) is 0 Å². The van der Waals surface area contributed by atoms with Gasteiger partial charge in [-0.05, 0) is 50.4 Å². The summed E-state index contributed by atoms with van der Waals surface area (Å²) in [5.41, 5.74) is 0. The predicted octanol–water partition coefficient (Wildman–Crippen LogP) is 2.82. The molecule has 2 saturated heterocycles. The van der Waals surface area contributed by atoms with Gasteiger partial charge in [-0.25, -0.2) is 0 Å². The summed E-state index contributed by atoms with van der Waals surface area (Å²) < 4.78 is 0. The molecule has 0 bridgehead atoms. The highest BCUT2D eigenvalue weighted by Gasteiger charge is 2.36. The normalized spacial score (nSPS) is 32.5. The molecule has 4 heteroatoms. The van der Waals surface area contributed by atoms with E-state index in [1.807, 2.05) is 4.90 Å². The molecule has 3 atom stereocenters. The molecule has 3 unspecified atom stereocenters. The minimum Gasteiger partial charge on any atom is -0.342 e. The predicted molar refractivity (Wildman–Crippen MR) is 86.3 cm³/mol. The zero-order chi connectivity index (χ0) is 15.5. The summed E-state index contributed by atoms with van der Waals surface area (Å²) in [5.74, 6) is 1.40. The van der Waals surface area contributed by atoms with Crippen LogP contribution in [0.25, 0.3) is 0 Å². The van der Waals surface area contributed by atoms with E-state index < -0.39 is 0 Å². The second-order valence-electron chi connectivity index (χ2n) is 7.61. The molecule has 124 valence electrons. The van der Waals surface area contributed by atoms with Gasteiger partial charge in [0, 0.05) is 25.7 Å². The van der Waals surface area contributed by atoms with Crippen molar-refractivity contribution in [2.45, 2.75) is 70.8 Å². The third-order valence-electron chi connectivity index (χ3n) is 5.88. The highest BCUT2D eigenvalue weighted by molar-refractivity contribution is 5.97. The van der Waals surface area contributed by atoms with Crippen molar-refractivity contribution in [3.63, 3.8) is 0 Å². The minimum absolute atomic E-state index is 0.0504. The van der Waals surface area contributed by atoms with Crippen molar-refractivity contribution in [2.75, 3.05) is 19.6 Å². The zero-order valence-corrected chi connectivity index (χ0v) is 13.9. The lowest BCUT2D eigenvalue weighted by atomic mass is 9.78. The molecule has 3 rings (SSSR count). The zero-order valence-electron chi connectivity index (χ0n) is 13.9. The first-order valence-corrected chi connectivity index (χ1v) is 9.22. The topological polar surface area (TPSA) is 40.6 Å². The maximum atomic E-state index is 12.7. The van der Waals surface area contributed by atoms with Crippen molar-refractivity contribution >= 4 is 11.8 Å². The second-order valence-corrected chi connectivity index (χ2v) is 7.61. The van der Waals surface area contributed by atoms with Gasteiger partial charge in [-0.15, -0.1) is 0 Å². The van der Waals surface area contributed by atoms with Crippen LogP contribution in [-0.2, 0) is 9.59 Å². The Kier molecular flexibility index (Phi) is 5.04. The number of amides is 2. The Hall–Kier alpha value is -1.06. The van der Waals surface area contributed by atoms with Crippen LogP contribution < -0.4 is 0 Å². The molecule has 2 heterocycles. The van der Waals surface area contributed by atoms with Crippen LogP contribution in [0.15, 0.2) is 0 Å². The van der Waals surface area contributed by atoms with Gasteiger partial charge >= 0.3 is 0 Å². The first-order chi connectivity index (χ1) is 10.6. The van der Waals surface area contributed by atoms with Gasteiger partial charge in [-0.3, -0.25) is 9.59 Å². The van der Waals surface area contributed by atoms with Gasteiger partial charge in [0.1, 0.15) is 6.42 Å². The van der Waals surface area contributed by atoms with Gasteiger partial charge in [-0.1, -0.05) is 19.8 Å². The van der Waals surface area contributed by atoms with Gasteiger partial charge in [0.05, 0.1) is 0 Å². The number of rotatable bonds is 2. The molecule has 0 N–H and O–H groups in total. The molecule has 2 amide bonds. The Morgan fingerprint density at radius 1 is 0.909 bits per heavy atom. The molecular weight excluding hydrogens is 276 g/mol. The van der Waals surface area contributed by atoms with Crippen molar-refractivity contribution in [1.82, 2.24) is 9.80 Å². The molecule has 3 aliphatic rings. The highest BCUT2D eigenvalue weighted by atomic mass is 16.2. The molecule has 0 radical (unpaired) electrons. The number of nitrogens with zero attached hydrogens (tertiary/aromatic N) is 2. The van der Waals surface area contributed by atoms with Crippen LogP contribution in [0.2, 0.25) is 0 Å². The number of hydrogen-bond acceptors (Lipinski definition) is 2. The van der Waals surface area contributed by atoms with E-state index in [9.17, 15) is 9.59 Å². The van der Waals surface area contributed by atoms with Crippen LogP contribution >= 0.6 is 0 Å². The van der Waals surface area contributed by atoms with E-state index in [4.69, 9.17) is 0 Å². The third kappa shape index (κ3) is 3.47. The molecular formula is C18H30N2O2. The molecule has 4 nitrogen and oxygen atoms in total. The molecule has 22 heavy (non-hydrogen) atoms. The Balaban J connectivity index is 1.57. The largest absolute Gasteiger partial charge is 0.342 e. The standard InChI is InChI=1S/C18H30N2O2/c1-14-6-4-10-19(13-14)17(21)12-18(22)20-11-5-8-15-7-2-3-9-16(15)20/h14-16H,2-13H2,1H3. The molecule has 1 saturated carbocycles. The number of hydrogen-bond donors (Lipinski definition) is 0. The van der Waals surface area contributed by atoms with Crippen LogP contribution in [0.3, 0.4) is 0 Å². The summed E-state index contributed by atoms with van der Waals surface area (Å²) in [5, 5.41) is 0. The van der Waals surface area contributed by atoms with E-state index in [0.717, 1.165) is 38.9 Å². The molecule has 0 aromatic rings. The summed E-state index contributed by atoms with van der Waals surface area (Å²) in [4.78, 5) is 29.1. The average molecular weight is 306 g/mol. The lowest BCUT2D eigenvalue weighted by molar-refractivity contribution is -0.145. The lowest BCUT2D eigenvalue weighted by Crippen LogP contribution is -2.51. The Bertz CT molecular complexity index is 421. The fraction of sp³-hybridized carbons (Fsp3) is 0.889. The van der Waals surface area contributed by atoms with E-state index in [0.29, 0.717) is 17.9 Å². The highest BCUT2D eigenvalue weighted by Crippen LogP contribution is 2.35. The summed E-state index contributed by atoms with van der Waals surface area (Å²) in [7, 11) is 0. The van der Waals surface area contributed by atoms with Crippen LogP contribution in [-0.4, -0.2) is 47.3 Å². The number of piperidine rings is 2. The molecule has 0 spiro atoms. The summed E-state index contributed by atoms with van der Waals surface area (Å²) in [6.45, 7) is 4.73. The van der Waals surface area contributed by atoms with Crippen molar-refractivity contribution in [2.24, 2.45) is 11.8 Å². The summed E-state index contributed by atoms with van der Waals surface area (Å²) in [6, 6.07) is 0.420. The van der Waals surface area contributed by atoms with E-state index in [1.54, 1.807) is 0 Å². The van der Waals surface area contributed by atoms with Gasteiger partial charge < -0.3 is 9.80 Å². The fourth-order valence-electron chi connectivity index (χ4n) is 4.69. The molecule has 3 fully saturated rings. The first-order valence-electron chi connectivity index (χ1n) is 9.22. The van der Waals surface area contributed by atoms with E-state index in [1.165, 1.54) is 32.1 Å². The lowest BCUT2D eigenvalue weighted by Gasteiger charge is -2.44. The third-order valence-corrected chi connectivity index (χ3v) is 5.88. The van der Waals surface area contributed by atoms with E-state index in [2.05, 4.69) is 11.8 Å². The van der Waals surface area contributed by atoms with Crippen LogP contribution in [0.5, 0.6) is 0 Å². The molecule has 0 aromatic carbocycles. The fourth-order valence-corrected chi connectivity index (χ4v) is 4.69. The van der Waals surface area contributed by atoms with Crippen LogP contribution in [0.4, 0.5) is 0 Å². The Labute approximate surface area is 134 Å². The Morgan fingerprint density at radius 3 is 2.45 bits per heavy atom. The molecule has 1 aliphatic carbocycles. The minimum atomic E-state index is 0.0504. The quantitative estimate of drug-likeness (QED) is 0.736. The maximum Gasteiger partial charge on any atom is 0.232 e. The van der Waals surface area contributed by atoms with Crippen molar-refractivity contribution in [3.05, 3.63) is 0 Å². The number of likely N-dealkylation sites (tertiary alicyclic amines) is 2. The van der Waals surface area contributed by atoms with E-state index >= 15 is 0 Å². The second kappa shape index (κ2) is 7.01. The van der Waals surface area contributed by atoms with Crippen LogP contribution in [0, 0.1) is 11.8 Å². The van der Waals surface area contributed by atoms with Gasteiger partial charge in [0.15, 0.2) is 0 Å². The maximum absolute atomic E-state index is 12.7. The van der Waals surface area contributed by atoms with Crippen LogP contribution in [0.1, 0.15) is 64.7 Å². The monoisotopic (exact) mass is 306 g/mol. The van der Waals surface area contributed by atoms with E-state index in [-0.39, 0.29) is 18.2 Å². The van der Waals surface area contributed by atoms with Crippen molar-refractivity contribution < 1.29 is 9.59 Å². The molecule has 0 aromatic heterocycles. The average Bonchev–Trinajstić information content (AvgIpc) is 2.54. The summed E-state index contributed by atoms with van der Waals surface area (Å²) in [6.07, 6.45) is 9.72. The van der Waals surface area contributed by atoms with Gasteiger partial charge in [-0.2, -0.15) is 0 Å². The smallest absolute Gasteiger partial charge is 0.232 e. The summed E-state index contributed by atoms with van der Waals surface area (Å²) >= 11 is 0. The Morgan fingerprint density at radius 2 is 1.64 bits per heavy atom. The SMILES string of the molecule is CC1CCCN(C(=O)CC(=O)N2CCCC3CCCCC32)C1. The number of carbonyl (C=O) groups excluding carboxylic acids is 2. The number of fused-ring (bicyclic) bond motifs is 1. The van der Waals surface area contributed by atoms with Gasteiger partial charge in [0.25, 0.3) is 0 Å². The number of carbonyl (C=O) groups is 2.